The van der Waals surface area contributed by atoms with E-state index in [1.807, 2.05) is 30.3 Å². The Bertz CT molecular complexity index is 751. The average Bonchev–Trinajstić information content (AvgIpc) is 2.52. The Morgan fingerprint density at radius 1 is 1.13 bits per heavy atom. The van der Waals surface area contributed by atoms with Gasteiger partial charge in [-0.2, -0.15) is 0 Å². The van der Waals surface area contributed by atoms with Crippen LogP contribution in [0.1, 0.15) is 12.0 Å². The van der Waals surface area contributed by atoms with Crippen molar-refractivity contribution >= 4 is 33.8 Å². The smallest absolute Gasteiger partial charge is 0.268 e. The normalized spacial score (nSPS) is 14.6. The van der Waals surface area contributed by atoms with Crippen LogP contribution in [0.5, 0.6) is 5.75 Å². The molecule has 5 nitrogen and oxygen atoms in total. The average molecular weight is 355 g/mol. The highest BCUT2D eigenvalue weighted by molar-refractivity contribution is 7.92. The Morgan fingerprint density at radius 3 is 2.70 bits per heavy atom. The molecule has 0 aliphatic carbocycles. The highest BCUT2D eigenvalue weighted by atomic mass is 35.5. The molecule has 2 aromatic carbocycles. The summed E-state index contributed by atoms with van der Waals surface area (Å²) in [4.78, 5) is 0. The second-order valence-electron chi connectivity index (χ2n) is 5.21. The molecule has 0 aromatic heterocycles. The predicted octanol–water partition coefficient (Wildman–Crippen LogP) is 3.24. The van der Waals surface area contributed by atoms with Crippen molar-refractivity contribution in [2.75, 3.05) is 22.5 Å². The highest BCUT2D eigenvalue weighted by Crippen LogP contribution is 2.32. The second kappa shape index (κ2) is 7.57. The van der Waals surface area contributed by atoms with Gasteiger partial charge in [-0.1, -0.05) is 30.3 Å². The Morgan fingerprint density at radius 2 is 1.91 bits per heavy atom. The van der Waals surface area contributed by atoms with E-state index < -0.39 is 10.0 Å². The third kappa shape index (κ3) is 4.77. The molecule has 0 fully saturated rings. The van der Waals surface area contributed by atoms with E-state index in [4.69, 9.17) is 4.74 Å². The van der Waals surface area contributed by atoms with E-state index >= 15 is 0 Å². The molecule has 0 atom stereocenters. The van der Waals surface area contributed by atoms with Crippen molar-refractivity contribution in [2.24, 2.45) is 0 Å². The van der Waals surface area contributed by atoms with Gasteiger partial charge < -0.3 is 10.1 Å². The van der Waals surface area contributed by atoms with Crippen molar-refractivity contribution in [3.63, 3.8) is 0 Å². The minimum atomic E-state index is -3.35. The molecule has 0 saturated carbocycles. The summed E-state index contributed by atoms with van der Waals surface area (Å²) in [6.07, 6.45) is 2.05. The summed E-state index contributed by atoms with van der Waals surface area (Å²) in [6.45, 7) is 0.847. The van der Waals surface area contributed by atoms with E-state index in [2.05, 4.69) is 22.2 Å². The van der Waals surface area contributed by atoms with E-state index in [0.29, 0.717) is 11.4 Å². The first-order valence-corrected chi connectivity index (χ1v) is 8.83. The molecule has 0 bridgehead atoms. The third-order valence-electron chi connectivity index (χ3n) is 3.43. The molecule has 0 saturated heterocycles. The van der Waals surface area contributed by atoms with Crippen molar-refractivity contribution in [2.45, 2.75) is 12.8 Å². The zero-order valence-corrected chi connectivity index (χ0v) is 14.1. The van der Waals surface area contributed by atoms with Crippen LogP contribution in [0.2, 0.25) is 0 Å². The quantitative estimate of drug-likeness (QED) is 0.809. The van der Waals surface area contributed by atoms with E-state index in [9.17, 15) is 8.42 Å². The zero-order valence-electron chi connectivity index (χ0n) is 12.5. The van der Waals surface area contributed by atoms with Crippen molar-refractivity contribution in [3.8, 4) is 5.75 Å². The van der Waals surface area contributed by atoms with Gasteiger partial charge in [0.25, 0.3) is 10.0 Å². The maximum absolute atomic E-state index is 11.4. The fourth-order valence-electron chi connectivity index (χ4n) is 2.34. The molecule has 2 aromatic rings. The Hall–Kier alpha value is -1.92. The van der Waals surface area contributed by atoms with Crippen LogP contribution in [0.4, 0.5) is 11.4 Å². The number of halogens is 1. The lowest BCUT2D eigenvalue weighted by Gasteiger charge is -2.20. The predicted molar refractivity (Wildman–Crippen MR) is 95.0 cm³/mol. The van der Waals surface area contributed by atoms with Gasteiger partial charge in [0.15, 0.2) is 0 Å². The molecule has 23 heavy (non-hydrogen) atoms. The van der Waals surface area contributed by atoms with Crippen LogP contribution in [0.15, 0.2) is 48.5 Å². The van der Waals surface area contributed by atoms with Crippen molar-refractivity contribution in [3.05, 3.63) is 54.1 Å². The number of sulfonamides is 1. The molecule has 2 N–H and O–H groups in total. The maximum Gasteiger partial charge on any atom is 0.268 e. The lowest BCUT2D eigenvalue weighted by molar-refractivity contribution is 0.374. The molecule has 7 heteroatoms. The van der Waals surface area contributed by atoms with Crippen LogP contribution < -0.4 is 14.8 Å². The van der Waals surface area contributed by atoms with Crippen LogP contribution in [0.25, 0.3) is 0 Å². The molecule has 1 heterocycles. The number of aryl methyl sites for hydroxylation is 1. The number of hydrogen-bond donors (Lipinski definition) is 2. The summed E-state index contributed by atoms with van der Waals surface area (Å²) in [5.74, 6) is 0.222. The molecule has 1 aliphatic heterocycles. The first kappa shape index (κ1) is 17.4. The van der Waals surface area contributed by atoms with Crippen molar-refractivity contribution in [1.82, 2.24) is 0 Å². The van der Waals surface area contributed by atoms with E-state index in [0.717, 1.165) is 25.1 Å². The zero-order chi connectivity index (χ0) is 15.4. The number of nitrogens with one attached hydrogen (secondary N) is 2. The number of fused-ring (bicyclic) bond motifs is 1. The van der Waals surface area contributed by atoms with Gasteiger partial charge in [-0.15, -0.1) is 12.4 Å². The minimum Gasteiger partial charge on any atom is -0.473 e. The van der Waals surface area contributed by atoms with E-state index in [1.165, 1.54) is 5.56 Å². The molecule has 1 aliphatic rings. The molecule has 0 unspecified atom stereocenters. The summed E-state index contributed by atoms with van der Waals surface area (Å²) < 4.78 is 30.5. The first-order valence-electron chi connectivity index (χ1n) is 7.17. The van der Waals surface area contributed by atoms with Gasteiger partial charge in [0.1, 0.15) is 5.75 Å². The molecule has 124 valence electrons. The van der Waals surface area contributed by atoms with Crippen LogP contribution >= 0.6 is 12.4 Å². The topological polar surface area (TPSA) is 67.4 Å². The van der Waals surface area contributed by atoms with Gasteiger partial charge >= 0.3 is 0 Å². The molecular weight excluding hydrogens is 336 g/mol. The summed E-state index contributed by atoms with van der Waals surface area (Å²) >= 11 is 0. The fourth-order valence-corrected chi connectivity index (χ4v) is 3.19. The molecule has 0 radical (unpaired) electrons. The molecule has 3 rings (SSSR count). The summed E-state index contributed by atoms with van der Waals surface area (Å²) in [5.41, 5.74) is 2.74. The minimum absolute atomic E-state index is 0. The van der Waals surface area contributed by atoms with Crippen LogP contribution in [0, 0.1) is 0 Å². The number of hydrogen-bond acceptors (Lipinski definition) is 4. The fraction of sp³-hybridized carbons (Fsp3) is 0.250. The number of rotatable bonds is 5. The summed E-state index contributed by atoms with van der Waals surface area (Å²) in [7, 11) is -3.35. The van der Waals surface area contributed by atoms with Crippen LogP contribution in [0.3, 0.4) is 0 Å². The summed E-state index contributed by atoms with van der Waals surface area (Å²) in [6, 6.07) is 15.7. The Labute approximate surface area is 142 Å². The van der Waals surface area contributed by atoms with E-state index in [-0.39, 0.29) is 18.3 Å². The van der Waals surface area contributed by atoms with Crippen LogP contribution in [-0.2, 0) is 16.4 Å². The number of anilines is 2. The molecule has 0 amide bonds. The Kier molecular flexibility index (Phi) is 5.74. The van der Waals surface area contributed by atoms with Gasteiger partial charge in [0, 0.05) is 18.3 Å². The number of benzene rings is 2. The monoisotopic (exact) mass is 354 g/mol. The van der Waals surface area contributed by atoms with Gasteiger partial charge in [-0.3, -0.25) is 4.72 Å². The Balaban J connectivity index is 0.00000192. The van der Waals surface area contributed by atoms with Gasteiger partial charge in [0.05, 0.1) is 5.69 Å². The third-order valence-corrected chi connectivity index (χ3v) is 4.39. The first-order chi connectivity index (χ1) is 10.6. The van der Waals surface area contributed by atoms with Gasteiger partial charge in [-0.25, -0.2) is 8.42 Å². The SMILES string of the molecule is Cl.O=S1(=O)COc2cc(NCCCc3ccccc3)ccc2N1. The number of ether oxygens (including phenoxy) is 1. The van der Waals surface area contributed by atoms with Crippen LogP contribution in [-0.4, -0.2) is 20.9 Å². The maximum atomic E-state index is 11.4. The van der Waals surface area contributed by atoms with Crippen molar-refractivity contribution < 1.29 is 13.2 Å². The standard InChI is InChI=1S/C16H18N2O3S.ClH/c19-22(20)12-21-16-11-14(8-9-15(16)18-22)17-10-4-7-13-5-2-1-3-6-13;/h1-3,5-6,8-9,11,17-18H,4,7,10,12H2;1H. The second-order valence-corrected chi connectivity index (χ2v) is 6.88. The lowest BCUT2D eigenvalue weighted by atomic mass is 10.1. The van der Waals surface area contributed by atoms with Gasteiger partial charge in [0.2, 0.25) is 5.94 Å². The highest BCUT2D eigenvalue weighted by Gasteiger charge is 2.21. The molecule has 0 spiro atoms. The van der Waals surface area contributed by atoms with Gasteiger partial charge in [-0.05, 0) is 30.5 Å². The van der Waals surface area contributed by atoms with Crippen molar-refractivity contribution in [1.29, 1.82) is 0 Å². The summed E-state index contributed by atoms with van der Waals surface area (Å²) in [5, 5.41) is 3.33. The lowest BCUT2D eigenvalue weighted by Crippen LogP contribution is -2.25. The largest absolute Gasteiger partial charge is 0.473 e. The van der Waals surface area contributed by atoms with E-state index in [1.54, 1.807) is 6.07 Å². The molecular formula is C16H19ClN2O3S.